The van der Waals surface area contributed by atoms with Gasteiger partial charge in [-0.3, -0.25) is 19.8 Å². The predicted octanol–water partition coefficient (Wildman–Crippen LogP) is 4.97. The largest absolute Gasteiger partial charge is 0.489 e. The molecule has 0 spiro atoms. The quantitative estimate of drug-likeness (QED) is 0.323. The van der Waals surface area contributed by atoms with Crippen LogP contribution in [-0.4, -0.2) is 16.9 Å². The average molecular weight is 457 g/mol. The van der Waals surface area contributed by atoms with Gasteiger partial charge in [0.25, 0.3) is 11.8 Å². The molecular weight excluding hydrogens is 432 g/mol. The Morgan fingerprint density at radius 3 is 2.36 bits per heavy atom. The number of carbonyl (C=O) groups is 2. The first-order valence-corrected chi connectivity index (χ1v) is 11.1. The molecule has 1 fully saturated rings. The molecule has 3 aromatic rings. The maximum absolute atomic E-state index is 13.1. The molecule has 4 rings (SSSR count). The number of rotatable bonds is 6. The topological polar surface area (TPSA) is 58.6 Å². The normalized spacial score (nSPS) is 15.0. The molecule has 1 aliphatic heterocycles. The number of hydrogen-bond acceptors (Lipinski definition) is 4. The number of ether oxygens (including phenoxy) is 1. The minimum Gasteiger partial charge on any atom is -0.489 e. The van der Waals surface area contributed by atoms with Crippen LogP contribution in [0, 0.1) is 6.92 Å². The van der Waals surface area contributed by atoms with E-state index < -0.39 is 11.8 Å². The van der Waals surface area contributed by atoms with Crippen molar-refractivity contribution < 1.29 is 14.3 Å². The van der Waals surface area contributed by atoms with E-state index in [4.69, 9.17) is 17.0 Å². The molecule has 0 bridgehead atoms. The number of aryl methyl sites for hydroxylation is 2. The van der Waals surface area contributed by atoms with Crippen molar-refractivity contribution in [2.75, 3.05) is 4.90 Å². The summed E-state index contributed by atoms with van der Waals surface area (Å²) < 4.78 is 5.85. The van der Waals surface area contributed by atoms with Gasteiger partial charge in [-0.15, -0.1) is 0 Å². The van der Waals surface area contributed by atoms with Gasteiger partial charge in [0.15, 0.2) is 5.11 Å². The first-order valence-electron chi connectivity index (χ1n) is 10.7. The summed E-state index contributed by atoms with van der Waals surface area (Å²) >= 11 is 5.27. The Hall–Kier alpha value is -3.77. The van der Waals surface area contributed by atoms with E-state index in [9.17, 15) is 9.59 Å². The first kappa shape index (κ1) is 22.4. The molecule has 5 nitrogen and oxygen atoms in total. The van der Waals surface area contributed by atoms with Gasteiger partial charge in [-0.2, -0.15) is 0 Å². The van der Waals surface area contributed by atoms with Crippen LogP contribution in [0.4, 0.5) is 5.69 Å². The lowest BCUT2D eigenvalue weighted by molar-refractivity contribution is -0.122. The zero-order valence-electron chi connectivity index (χ0n) is 18.5. The lowest BCUT2D eigenvalue weighted by Crippen LogP contribution is -2.54. The highest BCUT2D eigenvalue weighted by atomic mass is 32.1. The number of benzene rings is 3. The molecule has 2 amide bonds. The second-order valence-electron chi connectivity index (χ2n) is 7.82. The second-order valence-corrected chi connectivity index (χ2v) is 8.21. The summed E-state index contributed by atoms with van der Waals surface area (Å²) in [4.78, 5) is 27.0. The molecule has 0 saturated carbocycles. The molecule has 1 aliphatic rings. The Morgan fingerprint density at radius 2 is 1.70 bits per heavy atom. The number of amides is 2. The van der Waals surface area contributed by atoms with Crippen LogP contribution in [-0.2, 0) is 22.6 Å². The van der Waals surface area contributed by atoms with Crippen molar-refractivity contribution in [3.05, 3.63) is 101 Å². The van der Waals surface area contributed by atoms with Crippen molar-refractivity contribution in [3.63, 3.8) is 0 Å². The zero-order chi connectivity index (χ0) is 23.4. The van der Waals surface area contributed by atoms with Crippen molar-refractivity contribution >= 4 is 40.9 Å². The standard InChI is InChI=1S/C27H24N2O3S/c1-3-19-7-11-22(12-8-19)29-26(31)24(25(30)28-27(29)33)16-20-9-13-23(14-10-20)32-17-21-6-4-5-18(2)15-21/h4-16H,3,17H2,1-2H3,(H,28,30,33)/b24-16+. The van der Waals surface area contributed by atoms with E-state index in [1.165, 1.54) is 10.5 Å². The van der Waals surface area contributed by atoms with E-state index in [1.54, 1.807) is 6.08 Å². The van der Waals surface area contributed by atoms with Gasteiger partial charge in [0.05, 0.1) is 5.69 Å². The fourth-order valence-corrected chi connectivity index (χ4v) is 3.85. The molecule has 1 heterocycles. The van der Waals surface area contributed by atoms with Crippen LogP contribution >= 0.6 is 12.2 Å². The van der Waals surface area contributed by atoms with Gasteiger partial charge in [0.2, 0.25) is 0 Å². The van der Waals surface area contributed by atoms with Crippen LogP contribution in [0.3, 0.4) is 0 Å². The Bertz CT molecular complexity index is 1230. The fourth-order valence-electron chi connectivity index (χ4n) is 3.57. The molecule has 6 heteroatoms. The van der Waals surface area contributed by atoms with Gasteiger partial charge in [-0.25, -0.2) is 0 Å². The van der Waals surface area contributed by atoms with Crippen LogP contribution in [0.15, 0.2) is 78.4 Å². The second kappa shape index (κ2) is 9.79. The first-order chi connectivity index (χ1) is 15.9. The van der Waals surface area contributed by atoms with E-state index in [1.807, 2.05) is 73.7 Å². The molecule has 0 unspecified atom stereocenters. The Morgan fingerprint density at radius 1 is 0.970 bits per heavy atom. The highest BCUT2D eigenvalue weighted by Crippen LogP contribution is 2.23. The Labute approximate surface area is 198 Å². The van der Waals surface area contributed by atoms with Gasteiger partial charge in [-0.05, 0) is 72.6 Å². The van der Waals surface area contributed by atoms with Crippen molar-refractivity contribution in [1.29, 1.82) is 0 Å². The number of hydrogen-bond donors (Lipinski definition) is 1. The van der Waals surface area contributed by atoms with Gasteiger partial charge in [0, 0.05) is 0 Å². The third-order valence-corrected chi connectivity index (χ3v) is 5.67. The monoisotopic (exact) mass is 456 g/mol. The van der Waals surface area contributed by atoms with Gasteiger partial charge in [-0.1, -0.05) is 61.0 Å². The molecule has 166 valence electrons. The number of thiocarbonyl (C=S) groups is 1. The van der Waals surface area contributed by atoms with Gasteiger partial charge >= 0.3 is 0 Å². The molecule has 1 saturated heterocycles. The molecule has 1 N–H and O–H groups in total. The summed E-state index contributed by atoms with van der Waals surface area (Å²) in [6.45, 7) is 4.57. The van der Waals surface area contributed by atoms with Gasteiger partial charge in [0.1, 0.15) is 17.9 Å². The molecule has 33 heavy (non-hydrogen) atoms. The molecule has 0 aliphatic carbocycles. The average Bonchev–Trinajstić information content (AvgIpc) is 2.81. The third-order valence-electron chi connectivity index (χ3n) is 5.38. The molecular formula is C27H24N2O3S. The SMILES string of the molecule is CCc1ccc(N2C(=O)/C(=C/c3ccc(OCc4cccc(C)c4)cc3)C(=O)NC2=S)cc1. The summed E-state index contributed by atoms with van der Waals surface area (Å²) in [5, 5.41) is 2.69. The third kappa shape index (κ3) is 5.18. The summed E-state index contributed by atoms with van der Waals surface area (Å²) in [6.07, 6.45) is 2.46. The zero-order valence-corrected chi connectivity index (χ0v) is 19.3. The highest BCUT2D eigenvalue weighted by Gasteiger charge is 2.34. The van der Waals surface area contributed by atoms with Crippen LogP contribution < -0.4 is 15.0 Å². The van der Waals surface area contributed by atoms with Crippen molar-refractivity contribution in [3.8, 4) is 5.75 Å². The highest BCUT2D eigenvalue weighted by molar-refractivity contribution is 7.80. The van der Waals surface area contributed by atoms with Crippen LogP contribution in [0.2, 0.25) is 0 Å². The van der Waals surface area contributed by atoms with Crippen LogP contribution in [0.5, 0.6) is 5.75 Å². The lowest BCUT2D eigenvalue weighted by atomic mass is 10.1. The van der Waals surface area contributed by atoms with Gasteiger partial charge < -0.3 is 4.74 Å². The van der Waals surface area contributed by atoms with Crippen LogP contribution in [0.1, 0.15) is 29.2 Å². The van der Waals surface area contributed by atoms with E-state index >= 15 is 0 Å². The lowest BCUT2D eigenvalue weighted by Gasteiger charge is -2.29. The minimum absolute atomic E-state index is 0.0246. The molecule has 0 aromatic heterocycles. The van der Waals surface area contributed by atoms with E-state index in [0.717, 1.165) is 17.5 Å². The van der Waals surface area contributed by atoms with Crippen LogP contribution in [0.25, 0.3) is 6.08 Å². The molecule has 3 aromatic carbocycles. The maximum Gasteiger partial charge on any atom is 0.270 e. The summed E-state index contributed by atoms with van der Waals surface area (Å²) in [6, 6.07) is 23.0. The molecule has 0 atom stereocenters. The number of nitrogens with one attached hydrogen (secondary N) is 1. The number of nitrogens with zero attached hydrogens (tertiary/aromatic N) is 1. The van der Waals surface area contributed by atoms with E-state index in [0.29, 0.717) is 23.6 Å². The predicted molar refractivity (Wildman–Crippen MR) is 134 cm³/mol. The maximum atomic E-state index is 13.1. The summed E-state index contributed by atoms with van der Waals surface area (Å²) in [5.74, 6) is -0.254. The van der Waals surface area contributed by atoms with E-state index in [-0.39, 0.29) is 10.7 Å². The fraction of sp³-hybridized carbons (Fsp3) is 0.148. The molecule has 0 radical (unpaired) electrons. The smallest absolute Gasteiger partial charge is 0.270 e. The number of carbonyl (C=O) groups excluding carboxylic acids is 2. The summed E-state index contributed by atoms with van der Waals surface area (Å²) in [7, 11) is 0. The van der Waals surface area contributed by atoms with E-state index in [2.05, 4.69) is 18.3 Å². The van der Waals surface area contributed by atoms with Crippen molar-refractivity contribution in [2.24, 2.45) is 0 Å². The Balaban J connectivity index is 1.51. The number of anilines is 1. The van der Waals surface area contributed by atoms with Crippen molar-refractivity contribution in [2.45, 2.75) is 26.9 Å². The minimum atomic E-state index is -0.508. The summed E-state index contributed by atoms with van der Waals surface area (Å²) in [5.41, 5.74) is 4.78. The van der Waals surface area contributed by atoms with Crippen molar-refractivity contribution in [1.82, 2.24) is 5.32 Å². The Kier molecular flexibility index (Phi) is 6.66.